The summed E-state index contributed by atoms with van der Waals surface area (Å²) in [6.45, 7) is 1.88. The molecule has 9 heteroatoms. The zero-order valence-corrected chi connectivity index (χ0v) is 18.2. The first-order valence-corrected chi connectivity index (χ1v) is 10.1. The van der Waals surface area contributed by atoms with E-state index in [2.05, 4.69) is 5.32 Å². The van der Waals surface area contributed by atoms with Gasteiger partial charge in [-0.2, -0.15) is 0 Å². The molecule has 1 aliphatic rings. The minimum absolute atomic E-state index is 0.0137. The Labute approximate surface area is 192 Å². The van der Waals surface area contributed by atoms with Crippen molar-refractivity contribution < 1.29 is 23.9 Å². The molecule has 1 aromatic heterocycles. The summed E-state index contributed by atoms with van der Waals surface area (Å²) < 4.78 is 5.73. The number of aromatic carboxylic acids is 1. The lowest BCUT2D eigenvalue weighted by atomic mass is 10.1. The Kier molecular flexibility index (Phi) is 5.65. The first-order chi connectivity index (χ1) is 15.2. The number of anilines is 1. The summed E-state index contributed by atoms with van der Waals surface area (Å²) in [7, 11) is 0. The molecule has 4 rings (SSSR count). The van der Waals surface area contributed by atoms with E-state index in [1.165, 1.54) is 29.2 Å². The number of carboxylic acids is 1. The molecular weight excluding hydrogens is 452 g/mol. The molecule has 0 saturated carbocycles. The van der Waals surface area contributed by atoms with Crippen LogP contribution in [0.4, 0.5) is 5.69 Å². The van der Waals surface area contributed by atoms with Gasteiger partial charge in [-0.1, -0.05) is 23.7 Å². The molecule has 0 bridgehead atoms. The lowest BCUT2D eigenvalue weighted by Gasteiger charge is -2.29. The molecule has 2 aromatic carbocycles. The van der Waals surface area contributed by atoms with Crippen LogP contribution in [0.3, 0.4) is 0 Å². The van der Waals surface area contributed by atoms with Crippen LogP contribution in [0.2, 0.25) is 5.02 Å². The molecule has 0 spiro atoms. The second-order valence-corrected chi connectivity index (χ2v) is 7.79. The van der Waals surface area contributed by atoms with Crippen LogP contribution in [0.15, 0.2) is 64.6 Å². The molecule has 0 unspecified atom stereocenters. The van der Waals surface area contributed by atoms with Crippen LogP contribution in [0, 0.1) is 6.92 Å². The van der Waals surface area contributed by atoms with E-state index in [9.17, 15) is 19.5 Å². The van der Waals surface area contributed by atoms with Gasteiger partial charge in [0.05, 0.1) is 16.3 Å². The average Bonchev–Trinajstić information content (AvgIpc) is 3.19. The van der Waals surface area contributed by atoms with Crippen molar-refractivity contribution >= 4 is 58.5 Å². The second kappa shape index (κ2) is 8.41. The number of carbonyl (C=O) groups is 3. The van der Waals surface area contributed by atoms with E-state index in [4.69, 9.17) is 28.2 Å². The third kappa shape index (κ3) is 4.05. The monoisotopic (exact) mass is 466 g/mol. The minimum Gasteiger partial charge on any atom is -0.478 e. The molecule has 2 amide bonds. The van der Waals surface area contributed by atoms with Crippen molar-refractivity contribution in [3.05, 3.63) is 82.1 Å². The van der Waals surface area contributed by atoms with Crippen molar-refractivity contribution in [2.75, 3.05) is 4.90 Å². The highest BCUT2D eigenvalue weighted by atomic mass is 35.5. The Morgan fingerprint density at radius 1 is 1.16 bits per heavy atom. The van der Waals surface area contributed by atoms with Crippen molar-refractivity contribution in [2.24, 2.45) is 0 Å². The smallest absolute Gasteiger partial charge is 0.335 e. The third-order valence-electron chi connectivity index (χ3n) is 4.75. The number of nitrogens with zero attached hydrogens (tertiary/aromatic N) is 1. The fourth-order valence-corrected chi connectivity index (χ4v) is 3.72. The van der Waals surface area contributed by atoms with E-state index in [1.807, 2.05) is 13.0 Å². The number of hydrogen-bond acceptors (Lipinski definition) is 5. The molecule has 1 fully saturated rings. The summed E-state index contributed by atoms with van der Waals surface area (Å²) in [5.41, 5.74) is 1.72. The highest BCUT2D eigenvalue weighted by Crippen LogP contribution is 2.31. The van der Waals surface area contributed by atoms with E-state index < -0.39 is 17.8 Å². The summed E-state index contributed by atoms with van der Waals surface area (Å²) in [4.78, 5) is 38.1. The zero-order chi connectivity index (χ0) is 23.0. The topological polar surface area (TPSA) is 99.8 Å². The van der Waals surface area contributed by atoms with Gasteiger partial charge in [-0.05, 0) is 73.2 Å². The normalized spacial score (nSPS) is 15.2. The van der Waals surface area contributed by atoms with Crippen molar-refractivity contribution in [1.29, 1.82) is 0 Å². The summed E-state index contributed by atoms with van der Waals surface area (Å²) >= 11 is 11.4. The van der Waals surface area contributed by atoms with Gasteiger partial charge in [0.1, 0.15) is 17.1 Å². The van der Waals surface area contributed by atoms with Crippen LogP contribution in [-0.4, -0.2) is 28.0 Å². The number of aryl methyl sites for hydroxylation is 1. The van der Waals surface area contributed by atoms with Crippen molar-refractivity contribution in [3.8, 4) is 11.3 Å². The molecule has 1 saturated heterocycles. The molecule has 1 aliphatic heterocycles. The molecular formula is C23H15ClN2O5S. The summed E-state index contributed by atoms with van der Waals surface area (Å²) in [6, 6.07) is 14.5. The number of carbonyl (C=O) groups excluding carboxylic acids is 2. The van der Waals surface area contributed by atoms with E-state index in [0.717, 1.165) is 5.56 Å². The van der Waals surface area contributed by atoms with E-state index >= 15 is 0 Å². The molecule has 0 atom stereocenters. The third-order valence-corrected chi connectivity index (χ3v) is 5.37. The quantitative estimate of drug-likeness (QED) is 0.335. The number of furan rings is 1. The first-order valence-electron chi connectivity index (χ1n) is 9.36. The Bertz CT molecular complexity index is 1330. The van der Waals surface area contributed by atoms with Crippen molar-refractivity contribution in [1.82, 2.24) is 5.32 Å². The number of rotatable bonds is 4. The Balaban J connectivity index is 1.70. The Hall–Kier alpha value is -3.75. The molecule has 0 radical (unpaired) electrons. The van der Waals surface area contributed by atoms with Crippen molar-refractivity contribution in [2.45, 2.75) is 6.92 Å². The first kappa shape index (κ1) is 21.5. The molecule has 32 heavy (non-hydrogen) atoms. The average molecular weight is 467 g/mol. The Morgan fingerprint density at radius 2 is 1.94 bits per heavy atom. The number of hydrogen-bond donors (Lipinski definition) is 2. The number of benzene rings is 2. The predicted octanol–water partition coefficient (Wildman–Crippen LogP) is 4.44. The minimum atomic E-state index is -1.10. The van der Waals surface area contributed by atoms with Gasteiger partial charge in [-0.25, -0.2) is 4.79 Å². The van der Waals surface area contributed by atoms with Crippen LogP contribution in [0.25, 0.3) is 17.4 Å². The summed E-state index contributed by atoms with van der Waals surface area (Å²) in [6.07, 6.45) is 1.31. The molecule has 160 valence electrons. The fourth-order valence-electron chi connectivity index (χ4n) is 3.22. The summed E-state index contributed by atoms with van der Waals surface area (Å²) in [5.74, 6) is -1.83. The van der Waals surface area contributed by atoms with Gasteiger partial charge >= 0.3 is 5.97 Å². The van der Waals surface area contributed by atoms with Gasteiger partial charge in [-0.3, -0.25) is 19.8 Å². The van der Waals surface area contributed by atoms with Crippen LogP contribution >= 0.6 is 23.8 Å². The molecule has 2 heterocycles. The maximum Gasteiger partial charge on any atom is 0.335 e. The van der Waals surface area contributed by atoms with E-state index in [1.54, 1.807) is 30.3 Å². The Morgan fingerprint density at radius 3 is 2.66 bits per heavy atom. The zero-order valence-electron chi connectivity index (χ0n) is 16.6. The van der Waals surface area contributed by atoms with Gasteiger partial charge in [-0.15, -0.1) is 0 Å². The lowest BCUT2D eigenvalue weighted by molar-refractivity contribution is -0.122. The maximum absolute atomic E-state index is 13.1. The van der Waals surface area contributed by atoms with E-state index in [0.29, 0.717) is 22.0 Å². The number of nitrogens with one attached hydrogen (secondary N) is 1. The largest absolute Gasteiger partial charge is 0.478 e. The maximum atomic E-state index is 13.1. The van der Waals surface area contributed by atoms with Crippen LogP contribution in [0.5, 0.6) is 0 Å². The number of halogens is 1. The highest BCUT2D eigenvalue weighted by molar-refractivity contribution is 7.80. The predicted molar refractivity (Wildman–Crippen MR) is 123 cm³/mol. The van der Waals surface area contributed by atoms with Gasteiger partial charge in [0, 0.05) is 5.56 Å². The molecule has 0 aliphatic carbocycles. The standard InChI is InChI=1S/C23H15ClN2O5S/c1-12-3-2-4-14(9-12)26-21(28)17(20(27)25-23(26)32)11-15-6-8-19(31-15)16-10-13(22(29)30)5-7-18(16)24/h2-11H,1H3,(H,29,30)(H,25,27,32)/b17-11+. The van der Waals surface area contributed by atoms with Crippen LogP contribution < -0.4 is 10.2 Å². The molecule has 2 N–H and O–H groups in total. The van der Waals surface area contributed by atoms with Gasteiger partial charge in [0.25, 0.3) is 11.8 Å². The highest BCUT2D eigenvalue weighted by Gasteiger charge is 2.34. The molecule has 3 aromatic rings. The van der Waals surface area contributed by atoms with Gasteiger partial charge in [0.15, 0.2) is 5.11 Å². The number of thiocarbonyl (C=S) groups is 1. The van der Waals surface area contributed by atoms with Gasteiger partial charge < -0.3 is 9.52 Å². The fraction of sp³-hybridized carbons (Fsp3) is 0.0435. The summed E-state index contributed by atoms with van der Waals surface area (Å²) in [5, 5.41) is 12.0. The van der Waals surface area contributed by atoms with Gasteiger partial charge in [0.2, 0.25) is 0 Å². The van der Waals surface area contributed by atoms with E-state index in [-0.39, 0.29) is 22.0 Å². The van der Waals surface area contributed by atoms with Crippen molar-refractivity contribution in [3.63, 3.8) is 0 Å². The number of carboxylic acid groups (broad SMARTS) is 1. The lowest BCUT2D eigenvalue weighted by Crippen LogP contribution is -2.54. The SMILES string of the molecule is Cc1cccc(N2C(=O)/C(=C/c3ccc(-c4cc(C(=O)O)ccc4Cl)o3)C(=O)NC2=S)c1. The molecule has 7 nitrogen and oxygen atoms in total. The van der Waals surface area contributed by atoms with Crippen LogP contribution in [-0.2, 0) is 9.59 Å². The van der Waals surface area contributed by atoms with Crippen LogP contribution in [0.1, 0.15) is 21.7 Å². The number of amides is 2. The second-order valence-electron chi connectivity index (χ2n) is 7.00.